The van der Waals surface area contributed by atoms with Crippen LogP contribution < -0.4 is 0 Å². The van der Waals surface area contributed by atoms with Gasteiger partial charge in [0.05, 0.1) is 8.07 Å². The van der Waals surface area contributed by atoms with Gasteiger partial charge < -0.3 is 4.43 Å². The second kappa shape index (κ2) is 5.80. The molecule has 0 aromatic carbocycles. The third-order valence-corrected chi connectivity index (χ3v) is 15.0. The van der Waals surface area contributed by atoms with Gasteiger partial charge in [-0.2, -0.15) is 0 Å². The summed E-state index contributed by atoms with van der Waals surface area (Å²) in [6.45, 7) is 23.9. The smallest absolute Gasteiger partial charge is 0.195 e. The Hall–Kier alpha value is 0.394. The molecule has 2 atom stereocenters. The molecule has 0 aromatic rings. The summed E-state index contributed by atoms with van der Waals surface area (Å²) in [5, 5.41) is 0.480. The second-order valence-electron chi connectivity index (χ2n) is 7.76. The molecule has 110 valence electrons. The van der Waals surface area contributed by atoms with Gasteiger partial charge in [-0.15, -0.1) is 0 Å². The van der Waals surface area contributed by atoms with E-state index in [2.05, 4.69) is 67.7 Å². The maximum Gasteiger partial charge on any atom is 0.195 e. The van der Waals surface area contributed by atoms with Gasteiger partial charge in [0.1, 0.15) is 0 Å². The van der Waals surface area contributed by atoms with E-state index in [0.29, 0.717) is 5.04 Å². The molecule has 18 heavy (non-hydrogen) atoms. The van der Waals surface area contributed by atoms with Crippen molar-refractivity contribution in [1.82, 2.24) is 0 Å². The van der Waals surface area contributed by atoms with E-state index in [4.69, 9.17) is 4.43 Å². The van der Waals surface area contributed by atoms with E-state index in [9.17, 15) is 0 Å². The van der Waals surface area contributed by atoms with Gasteiger partial charge in [0.25, 0.3) is 0 Å². The molecular formula is C15H36OSi2. The summed E-state index contributed by atoms with van der Waals surface area (Å²) in [5.74, 6) is 0. The zero-order valence-corrected chi connectivity index (χ0v) is 16.5. The van der Waals surface area contributed by atoms with Crippen LogP contribution in [0.5, 0.6) is 0 Å². The van der Waals surface area contributed by atoms with Gasteiger partial charge >= 0.3 is 0 Å². The van der Waals surface area contributed by atoms with Gasteiger partial charge in [-0.25, -0.2) is 0 Å². The van der Waals surface area contributed by atoms with Crippen molar-refractivity contribution >= 4 is 16.4 Å². The van der Waals surface area contributed by atoms with Crippen molar-refractivity contribution in [3.8, 4) is 0 Å². The predicted octanol–water partition coefficient (Wildman–Crippen LogP) is 5.83. The molecule has 0 bridgehead atoms. The predicted molar refractivity (Wildman–Crippen MR) is 89.6 cm³/mol. The van der Waals surface area contributed by atoms with Gasteiger partial charge in [-0.3, -0.25) is 0 Å². The molecule has 3 heteroatoms. The molecule has 0 saturated heterocycles. The second-order valence-corrected chi connectivity index (χ2v) is 18.0. The SMILES string of the molecule is CCC(C)(C)[Si](C)(CC)O[C@](C)(CC)[Si](C)(C)C. The van der Waals surface area contributed by atoms with Crippen molar-refractivity contribution in [2.45, 2.75) is 96.9 Å². The summed E-state index contributed by atoms with van der Waals surface area (Å²) >= 11 is 0. The fourth-order valence-corrected chi connectivity index (χ4v) is 8.54. The molecule has 0 aliphatic heterocycles. The lowest BCUT2D eigenvalue weighted by atomic mass is 10.1. The molecule has 1 nitrogen and oxygen atoms in total. The molecular weight excluding hydrogens is 252 g/mol. The van der Waals surface area contributed by atoms with Crippen LogP contribution >= 0.6 is 0 Å². The van der Waals surface area contributed by atoms with Crippen LogP contribution in [0.25, 0.3) is 0 Å². The molecule has 0 saturated carbocycles. The Labute approximate surface area is 118 Å². The highest BCUT2D eigenvalue weighted by molar-refractivity contribution is 6.81. The minimum absolute atomic E-state index is 0.121. The van der Waals surface area contributed by atoms with Crippen LogP contribution in [0.15, 0.2) is 0 Å². The zero-order chi connectivity index (χ0) is 14.8. The molecule has 0 amide bonds. The van der Waals surface area contributed by atoms with E-state index < -0.39 is 16.4 Å². The molecule has 0 heterocycles. The van der Waals surface area contributed by atoms with E-state index in [1.165, 1.54) is 12.5 Å². The highest BCUT2D eigenvalue weighted by atomic mass is 28.4. The standard InChI is InChI=1S/C15H36OSi2/c1-11-14(4,5)18(10,13-3)16-15(6,12-2)17(7,8)9/h11-13H2,1-10H3/t15-,18?/m0/s1. The molecule has 0 aliphatic carbocycles. The van der Waals surface area contributed by atoms with Crippen LogP contribution in [0.4, 0.5) is 0 Å². The molecule has 0 spiro atoms. The first-order valence-corrected chi connectivity index (χ1v) is 13.7. The fraction of sp³-hybridized carbons (Fsp3) is 1.00. The van der Waals surface area contributed by atoms with Crippen molar-refractivity contribution in [2.75, 3.05) is 0 Å². The Morgan fingerprint density at radius 2 is 1.28 bits per heavy atom. The van der Waals surface area contributed by atoms with Crippen molar-refractivity contribution in [2.24, 2.45) is 0 Å². The summed E-state index contributed by atoms with van der Waals surface area (Å²) < 4.78 is 6.94. The average molecular weight is 289 g/mol. The number of rotatable bonds is 7. The van der Waals surface area contributed by atoms with Crippen LogP contribution in [0, 0.1) is 0 Å². The summed E-state index contributed by atoms with van der Waals surface area (Å²) in [5.41, 5.74) is 0. The molecule has 0 radical (unpaired) electrons. The molecule has 0 aliphatic rings. The quantitative estimate of drug-likeness (QED) is 0.535. The highest BCUT2D eigenvalue weighted by Crippen LogP contribution is 2.46. The largest absolute Gasteiger partial charge is 0.414 e. The summed E-state index contributed by atoms with van der Waals surface area (Å²) in [6.07, 6.45) is 2.36. The van der Waals surface area contributed by atoms with Gasteiger partial charge in [-0.1, -0.05) is 60.7 Å². The third-order valence-electron chi connectivity index (χ3n) is 5.70. The van der Waals surface area contributed by atoms with Gasteiger partial charge in [-0.05, 0) is 31.0 Å². The molecule has 0 rings (SSSR count). The lowest BCUT2D eigenvalue weighted by molar-refractivity contribution is 0.135. The maximum atomic E-state index is 6.94. The highest BCUT2D eigenvalue weighted by Gasteiger charge is 2.50. The summed E-state index contributed by atoms with van der Waals surface area (Å²) in [6, 6.07) is 1.22. The summed E-state index contributed by atoms with van der Waals surface area (Å²) in [4.78, 5) is 0. The Bertz CT molecular complexity index is 270. The van der Waals surface area contributed by atoms with Gasteiger partial charge in [0, 0.05) is 5.22 Å². The first-order chi connectivity index (χ1) is 7.89. The van der Waals surface area contributed by atoms with Crippen LogP contribution in [-0.4, -0.2) is 21.6 Å². The third kappa shape index (κ3) is 3.48. The molecule has 0 N–H and O–H groups in total. The first-order valence-electron chi connectivity index (χ1n) is 7.59. The van der Waals surface area contributed by atoms with Crippen LogP contribution in [0.2, 0.25) is 37.3 Å². The lowest BCUT2D eigenvalue weighted by Gasteiger charge is -2.51. The Morgan fingerprint density at radius 1 is 0.833 bits per heavy atom. The molecule has 0 aromatic heterocycles. The lowest BCUT2D eigenvalue weighted by Crippen LogP contribution is -2.60. The van der Waals surface area contributed by atoms with E-state index in [1.807, 2.05) is 0 Å². The zero-order valence-electron chi connectivity index (χ0n) is 14.5. The normalized spacial score (nSPS) is 20.3. The fourth-order valence-electron chi connectivity index (χ4n) is 2.32. The van der Waals surface area contributed by atoms with Crippen molar-refractivity contribution in [1.29, 1.82) is 0 Å². The molecule has 1 unspecified atom stereocenters. The minimum Gasteiger partial charge on any atom is -0.414 e. The van der Waals surface area contributed by atoms with Crippen LogP contribution in [0.1, 0.15) is 54.4 Å². The van der Waals surface area contributed by atoms with Gasteiger partial charge in [0.2, 0.25) is 0 Å². The van der Waals surface area contributed by atoms with Crippen molar-refractivity contribution < 1.29 is 4.43 Å². The van der Waals surface area contributed by atoms with Gasteiger partial charge in [0.15, 0.2) is 8.32 Å². The minimum atomic E-state index is -1.68. The Kier molecular flexibility index (Phi) is 5.93. The monoisotopic (exact) mass is 288 g/mol. The van der Waals surface area contributed by atoms with Crippen molar-refractivity contribution in [3.63, 3.8) is 0 Å². The Morgan fingerprint density at radius 3 is 1.50 bits per heavy atom. The van der Waals surface area contributed by atoms with E-state index in [0.717, 1.165) is 6.42 Å². The van der Waals surface area contributed by atoms with Crippen LogP contribution in [0.3, 0.4) is 0 Å². The van der Waals surface area contributed by atoms with E-state index >= 15 is 0 Å². The Balaban J connectivity index is 5.37. The van der Waals surface area contributed by atoms with Crippen LogP contribution in [-0.2, 0) is 4.43 Å². The van der Waals surface area contributed by atoms with Crippen molar-refractivity contribution in [3.05, 3.63) is 0 Å². The maximum absolute atomic E-state index is 6.94. The summed E-state index contributed by atoms with van der Waals surface area (Å²) in [7, 11) is -3.00. The average Bonchev–Trinajstić information content (AvgIpc) is 2.26. The topological polar surface area (TPSA) is 9.23 Å². The van der Waals surface area contributed by atoms with E-state index in [1.54, 1.807) is 0 Å². The number of hydrogen-bond donors (Lipinski definition) is 0. The first kappa shape index (κ1) is 18.4. The number of hydrogen-bond acceptors (Lipinski definition) is 1. The van der Waals surface area contributed by atoms with E-state index in [-0.39, 0.29) is 5.22 Å². The molecule has 0 fully saturated rings.